The molecule has 0 saturated carbocycles. The quantitative estimate of drug-likeness (QED) is 0.344. The van der Waals surface area contributed by atoms with E-state index in [2.05, 4.69) is 52.0 Å². The van der Waals surface area contributed by atoms with Crippen molar-refractivity contribution in [2.75, 3.05) is 0 Å². The fourth-order valence-corrected chi connectivity index (χ4v) is 3.90. The second kappa shape index (κ2) is 11.0. The van der Waals surface area contributed by atoms with E-state index < -0.39 is 20.8 Å². The van der Waals surface area contributed by atoms with Crippen molar-refractivity contribution in [3.8, 4) is 11.1 Å². The second-order valence-electron chi connectivity index (χ2n) is 7.33. The molecule has 0 bridgehead atoms. The first kappa shape index (κ1) is 22.2. The molecule has 0 aliphatic heterocycles. The topological polar surface area (TPSA) is 0 Å². The van der Waals surface area contributed by atoms with Gasteiger partial charge in [-0.2, -0.15) is 0 Å². The second-order valence-corrected chi connectivity index (χ2v) is 11.1. The Labute approximate surface area is 178 Å². The summed E-state index contributed by atoms with van der Waals surface area (Å²) in [4.78, 5) is 0. The molecule has 0 saturated heterocycles. The van der Waals surface area contributed by atoms with Crippen molar-refractivity contribution in [1.82, 2.24) is 0 Å². The number of unbranched alkanes of at least 4 members (excludes halogenated alkanes) is 2. The van der Waals surface area contributed by atoms with Gasteiger partial charge in [0.15, 0.2) is 0 Å². The van der Waals surface area contributed by atoms with Crippen LogP contribution >= 0.6 is 17.0 Å². The van der Waals surface area contributed by atoms with E-state index in [4.69, 9.17) is 17.0 Å². The Bertz CT molecular complexity index is 676. The SMILES string of the molecule is CCCCc1cc2c(cc1C)Cc1cc(C)c(CCCC)cc1-2.[Cl][Zr][Cl]. The Hall–Kier alpha value is -0.0969. The fraction of sp³-hybridized carbons (Fsp3) is 0.478. The van der Waals surface area contributed by atoms with Gasteiger partial charge in [0, 0.05) is 0 Å². The Morgan fingerprint density at radius 1 is 0.769 bits per heavy atom. The third kappa shape index (κ3) is 5.46. The summed E-state index contributed by atoms with van der Waals surface area (Å²) in [5, 5.41) is 0. The molecule has 0 nitrogen and oxygen atoms in total. The molecule has 0 N–H and O–H groups in total. The molecule has 0 spiro atoms. The van der Waals surface area contributed by atoms with Gasteiger partial charge in [-0.3, -0.25) is 0 Å². The molecule has 140 valence electrons. The Kier molecular flexibility index (Phi) is 9.42. The average Bonchev–Trinajstić information content (AvgIpc) is 2.94. The van der Waals surface area contributed by atoms with Gasteiger partial charge in [-0.15, -0.1) is 0 Å². The van der Waals surface area contributed by atoms with Crippen molar-refractivity contribution in [3.05, 3.63) is 57.6 Å². The van der Waals surface area contributed by atoms with Crippen LogP contribution in [-0.4, -0.2) is 0 Å². The third-order valence-electron chi connectivity index (χ3n) is 5.39. The number of hydrogen-bond acceptors (Lipinski definition) is 0. The molecule has 0 amide bonds. The summed E-state index contributed by atoms with van der Waals surface area (Å²) in [7, 11) is 9.87. The van der Waals surface area contributed by atoms with Crippen molar-refractivity contribution < 1.29 is 20.8 Å². The Morgan fingerprint density at radius 2 is 1.15 bits per heavy atom. The van der Waals surface area contributed by atoms with Crippen LogP contribution in [0.5, 0.6) is 0 Å². The van der Waals surface area contributed by atoms with Crippen molar-refractivity contribution in [1.29, 1.82) is 0 Å². The van der Waals surface area contributed by atoms with Crippen LogP contribution in [-0.2, 0) is 40.1 Å². The molecule has 1 aliphatic carbocycles. The summed E-state index contributed by atoms with van der Waals surface area (Å²) in [5.74, 6) is 0. The summed E-state index contributed by atoms with van der Waals surface area (Å²) in [6.45, 7) is 9.12. The van der Waals surface area contributed by atoms with Crippen molar-refractivity contribution in [2.45, 2.75) is 72.6 Å². The molecule has 0 heterocycles. The van der Waals surface area contributed by atoms with Gasteiger partial charge in [-0.25, -0.2) is 0 Å². The summed E-state index contributed by atoms with van der Waals surface area (Å²) >= 11 is -0.826. The molecule has 3 heteroatoms. The number of halogens is 2. The first-order valence-electron chi connectivity index (χ1n) is 9.77. The van der Waals surface area contributed by atoms with E-state index in [0.29, 0.717) is 0 Å². The van der Waals surface area contributed by atoms with Crippen molar-refractivity contribution in [3.63, 3.8) is 0 Å². The van der Waals surface area contributed by atoms with Crippen LogP contribution in [0, 0.1) is 13.8 Å². The summed E-state index contributed by atoms with van der Waals surface area (Å²) < 4.78 is 0. The predicted molar refractivity (Wildman–Crippen MR) is 113 cm³/mol. The van der Waals surface area contributed by atoms with Gasteiger partial charge < -0.3 is 0 Å². The van der Waals surface area contributed by atoms with E-state index in [1.165, 1.54) is 71.9 Å². The fourth-order valence-electron chi connectivity index (χ4n) is 3.90. The normalized spacial score (nSPS) is 11.5. The summed E-state index contributed by atoms with van der Waals surface area (Å²) in [6.07, 6.45) is 8.69. The first-order chi connectivity index (χ1) is 12.5. The van der Waals surface area contributed by atoms with Gasteiger partial charge in [0.2, 0.25) is 0 Å². The van der Waals surface area contributed by atoms with Gasteiger partial charge in [-0.1, -0.05) is 51.0 Å². The summed E-state index contributed by atoms with van der Waals surface area (Å²) in [5.41, 5.74) is 12.1. The number of hydrogen-bond donors (Lipinski definition) is 0. The standard InChI is InChI=1S/C23H30.2ClH.Zr/c1-5-7-9-18-14-22-20(11-16(18)3)13-21-12-17(4)19(10-8-6-2)15-23(21)22;;;/h11-12,14-15H,5-10,13H2,1-4H3;2*1H;/q;;;+2/p-2. The van der Waals surface area contributed by atoms with Crippen LogP contribution in [0.1, 0.15) is 72.9 Å². The number of fused-ring (bicyclic) bond motifs is 3. The minimum absolute atomic E-state index is 0.826. The average molecular weight is 469 g/mol. The zero-order valence-corrected chi connectivity index (χ0v) is 20.5. The van der Waals surface area contributed by atoms with Crippen LogP contribution < -0.4 is 0 Å². The van der Waals surface area contributed by atoms with Gasteiger partial charge in [-0.05, 0) is 90.5 Å². The molecule has 0 unspecified atom stereocenters. The van der Waals surface area contributed by atoms with Gasteiger partial charge in [0.25, 0.3) is 0 Å². The molecular formula is C23H30Cl2Zr. The molecule has 0 atom stereocenters. The number of aryl methyl sites for hydroxylation is 4. The molecular weight excluding hydrogens is 438 g/mol. The molecule has 2 aromatic carbocycles. The first-order valence-corrected chi connectivity index (χ1v) is 16.1. The molecule has 2 aromatic rings. The number of rotatable bonds is 6. The van der Waals surface area contributed by atoms with Crippen molar-refractivity contribution in [2.24, 2.45) is 0 Å². The summed E-state index contributed by atoms with van der Waals surface area (Å²) in [6, 6.07) is 9.87. The molecule has 0 aromatic heterocycles. The van der Waals surface area contributed by atoms with Gasteiger partial charge in [0.1, 0.15) is 0 Å². The molecule has 3 rings (SSSR count). The van der Waals surface area contributed by atoms with E-state index in [0.717, 1.165) is 6.42 Å². The van der Waals surface area contributed by atoms with Gasteiger partial charge in [0.05, 0.1) is 0 Å². The molecule has 0 radical (unpaired) electrons. The maximum atomic E-state index is 4.93. The van der Waals surface area contributed by atoms with Crippen molar-refractivity contribution >= 4 is 17.0 Å². The van der Waals surface area contributed by atoms with Crippen LogP contribution in [0.15, 0.2) is 24.3 Å². The van der Waals surface area contributed by atoms with Crippen LogP contribution in [0.2, 0.25) is 0 Å². The third-order valence-corrected chi connectivity index (χ3v) is 5.39. The van der Waals surface area contributed by atoms with Crippen LogP contribution in [0.3, 0.4) is 0 Å². The maximum absolute atomic E-state index is 4.93. The van der Waals surface area contributed by atoms with Crippen LogP contribution in [0.25, 0.3) is 11.1 Å². The molecule has 26 heavy (non-hydrogen) atoms. The van der Waals surface area contributed by atoms with E-state index in [-0.39, 0.29) is 0 Å². The Morgan fingerprint density at radius 3 is 1.50 bits per heavy atom. The van der Waals surface area contributed by atoms with E-state index in [9.17, 15) is 0 Å². The number of benzene rings is 2. The minimum atomic E-state index is -0.826. The zero-order chi connectivity index (χ0) is 19.1. The monoisotopic (exact) mass is 466 g/mol. The molecule has 1 aliphatic rings. The van der Waals surface area contributed by atoms with E-state index in [1.54, 1.807) is 11.1 Å². The predicted octanol–water partition coefficient (Wildman–Crippen LogP) is 7.94. The van der Waals surface area contributed by atoms with E-state index >= 15 is 0 Å². The molecule has 0 fully saturated rings. The Balaban J connectivity index is 0.000000758. The van der Waals surface area contributed by atoms with Gasteiger partial charge >= 0.3 is 37.9 Å². The zero-order valence-electron chi connectivity index (χ0n) is 16.5. The van der Waals surface area contributed by atoms with E-state index in [1.807, 2.05) is 0 Å². The van der Waals surface area contributed by atoms with Crippen LogP contribution in [0.4, 0.5) is 0 Å².